The van der Waals surface area contributed by atoms with Crippen molar-refractivity contribution in [3.05, 3.63) is 72.1 Å². The summed E-state index contributed by atoms with van der Waals surface area (Å²) < 4.78 is 10.6. The Morgan fingerprint density at radius 3 is 2.41 bits per heavy atom. The van der Waals surface area contributed by atoms with E-state index in [1.165, 1.54) is 5.56 Å². The Morgan fingerprint density at radius 2 is 1.69 bits per heavy atom. The van der Waals surface area contributed by atoms with Crippen molar-refractivity contribution in [3.8, 4) is 17.1 Å². The summed E-state index contributed by atoms with van der Waals surface area (Å²) >= 11 is 0. The fourth-order valence-corrected chi connectivity index (χ4v) is 3.40. The average Bonchev–Trinajstić information content (AvgIpc) is 3.24. The van der Waals surface area contributed by atoms with E-state index in [1.807, 2.05) is 30.3 Å². The van der Waals surface area contributed by atoms with Gasteiger partial charge in [-0.15, -0.1) is 0 Å². The molecule has 1 saturated heterocycles. The highest BCUT2D eigenvalue weighted by Crippen LogP contribution is 2.20. The zero-order valence-corrected chi connectivity index (χ0v) is 16.7. The van der Waals surface area contributed by atoms with Crippen molar-refractivity contribution in [3.63, 3.8) is 0 Å². The molecule has 6 nitrogen and oxygen atoms in total. The Bertz CT molecular complexity index is 914. The number of piperazine rings is 1. The van der Waals surface area contributed by atoms with Gasteiger partial charge in [-0.1, -0.05) is 47.6 Å². The molecule has 2 aromatic carbocycles. The van der Waals surface area contributed by atoms with Gasteiger partial charge in [-0.2, -0.15) is 4.98 Å². The summed E-state index contributed by atoms with van der Waals surface area (Å²) in [7, 11) is 1.65. The molecule has 0 atom stereocenters. The molecular weight excluding hydrogens is 364 g/mol. The standard InChI is InChI=1S/C23H26N4O2/c1-28-21-11-9-20(10-12-21)23-24-22(29-25-23)18-27-16-14-26(15-17-27)13-5-8-19-6-3-2-4-7-19/h2-12H,13-18H2,1H3. The van der Waals surface area contributed by atoms with E-state index in [2.05, 4.69) is 56.4 Å². The molecule has 0 radical (unpaired) electrons. The van der Waals surface area contributed by atoms with Gasteiger partial charge < -0.3 is 9.26 Å². The Kier molecular flexibility index (Phi) is 6.34. The first-order valence-corrected chi connectivity index (χ1v) is 9.93. The molecule has 29 heavy (non-hydrogen) atoms. The van der Waals surface area contributed by atoms with Crippen LogP contribution >= 0.6 is 0 Å². The van der Waals surface area contributed by atoms with Crippen LogP contribution in [0, 0.1) is 0 Å². The highest BCUT2D eigenvalue weighted by atomic mass is 16.5. The van der Waals surface area contributed by atoms with Gasteiger partial charge >= 0.3 is 0 Å². The first-order chi connectivity index (χ1) is 14.3. The van der Waals surface area contributed by atoms with Crippen LogP contribution in [-0.4, -0.2) is 59.8 Å². The van der Waals surface area contributed by atoms with Crippen molar-refractivity contribution in [2.45, 2.75) is 6.54 Å². The first kappa shape index (κ1) is 19.4. The fraction of sp³-hybridized carbons (Fsp3) is 0.304. The first-order valence-electron chi connectivity index (χ1n) is 9.93. The van der Waals surface area contributed by atoms with Gasteiger partial charge in [0.05, 0.1) is 13.7 Å². The molecule has 3 aromatic rings. The number of aromatic nitrogens is 2. The van der Waals surface area contributed by atoms with Crippen LogP contribution in [0.1, 0.15) is 11.5 Å². The summed E-state index contributed by atoms with van der Waals surface area (Å²) in [6.07, 6.45) is 4.43. The number of hydrogen-bond acceptors (Lipinski definition) is 6. The summed E-state index contributed by atoms with van der Waals surface area (Å²) in [6.45, 7) is 5.75. The second-order valence-corrected chi connectivity index (χ2v) is 7.13. The third-order valence-electron chi connectivity index (χ3n) is 5.11. The van der Waals surface area contributed by atoms with Gasteiger partial charge in [0.15, 0.2) is 0 Å². The Labute approximate surface area is 171 Å². The molecule has 1 aliphatic heterocycles. The molecule has 6 heteroatoms. The Morgan fingerprint density at radius 1 is 0.966 bits per heavy atom. The SMILES string of the molecule is COc1ccc(-c2noc(CN3CCN(CC=Cc4ccccc4)CC3)n2)cc1. The van der Waals surface area contributed by atoms with E-state index in [4.69, 9.17) is 9.26 Å². The fourth-order valence-electron chi connectivity index (χ4n) is 3.40. The van der Waals surface area contributed by atoms with Gasteiger partial charge in [-0.05, 0) is 29.8 Å². The van der Waals surface area contributed by atoms with E-state index in [1.54, 1.807) is 7.11 Å². The number of hydrogen-bond donors (Lipinski definition) is 0. The lowest BCUT2D eigenvalue weighted by Crippen LogP contribution is -2.45. The molecule has 0 bridgehead atoms. The van der Waals surface area contributed by atoms with Gasteiger partial charge in [0.2, 0.25) is 11.7 Å². The van der Waals surface area contributed by atoms with Gasteiger partial charge in [0.1, 0.15) is 5.75 Å². The van der Waals surface area contributed by atoms with Crippen molar-refractivity contribution in [2.24, 2.45) is 0 Å². The van der Waals surface area contributed by atoms with Gasteiger partial charge in [-0.3, -0.25) is 9.80 Å². The summed E-state index contributed by atoms with van der Waals surface area (Å²) in [5.74, 6) is 2.09. The van der Waals surface area contributed by atoms with E-state index in [0.717, 1.165) is 44.0 Å². The van der Waals surface area contributed by atoms with Crippen LogP contribution in [-0.2, 0) is 6.54 Å². The quantitative estimate of drug-likeness (QED) is 0.615. The maximum absolute atomic E-state index is 5.46. The number of nitrogens with zero attached hydrogens (tertiary/aromatic N) is 4. The second-order valence-electron chi connectivity index (χ2n) is 7.13. The molecule has 0 spiro atoms. The van der Waals surface area contributed by atoms with Crippen molar-refractivity contribution in [1.82, 2.24) is 19.9 Å². The molecule has 1 fully saturated rings. The van der Waals surface area contributed by atoms with Crippen LogP contribution in [0.2, 0.25) is 0 Å². The molecule has 2 heterocycles. The van der Waals surface area contributed by atoms with E-state index in [9.17, 15) is 0 Å². The smallest absolute Gasteiger partial charge is 0.241 e. The van der Waals surface area contributed by atoms with Crippen molar-refractivity contribution < 1.29 is 9.26 Å². The Balaban J connectivity index is 1.24. The molecule has 1 aliphatic rings. The van der Waals surface area contributed by atoms with Crippen molar-refractivity contribution >= 4 is 6.08 Å². The normalized spacial score (nSPS) is 15.8. The van der Waals surface area contributed by atoms with E-state index < -0.39 is 0 Å². The van der Waals surface area contributed by atoms with Gasteiger partial charge in [0, 0.05) is 38.3 Å². The molecule has 0 saturated carbocycles. The van der Waals surface area contributed by atoms with Crippen molar-refractivity contribution in [2.75, 3.05) is 39.8 Å². The molecule has 4 rings (SSSR count). The third kappa shape index (κ3) is 5.31. The number of ether oxygens (including phenoxy) is 1. The molecule has 0 amide bonds. The largest absolute Gasteiger partial charge is 0.497 e. The second kappa shape index (κ2) is 9.49. The lowest BCUT2D eigenvalue weighted by Gasteiger charge is -2.33. The lowest BCUT2D eigenvalue weighted by atomic mass is 10.2. The molecule has 150 valence electrons. The molecular formula is C23H26N4O2. The van der Waals surface area contributed by atoms with Gasteiger partial charge in [0.25, 0.3) is 0 Å². The number of methoxy groups -OCH3 is 1. The average molecular weight is 390 g/mol. The molecule has 0 N–H and O–H groups in total. The van der Waals surface area contributed by atoms with Crippen LogP contribution in [0.25, 0.3) is 17.5 Å². The number of rotatable bonds is 7. The van der Waals surface area contributed by atoms with E-state index >= 15 is 0 Å². The molecule has 0 aliphatic carbocycles. The van der Waals surface area contributed by atoms with Gasteiger partial charge in [-0.25, -0.2) is 0 Å². The monoisotopic (exact) mass is 390 g/mol. The predicted octanol–water partition coefficient (Wildman–Crippen LogP) is 3.58. The Hall–Kier alpha value is -2.96. The minimum Gasteiger partial charge on any atom is -0.497 e. The summed E-state index contributed by atoms with van der Waals surface area (Å²) in [5.41, 5.74) is 2.17. The maximum atomic E-state index is 5.46. The minimum absolute atomic E-state index is 0.618. The topological polar surface area (TPSA) is 54.6 Å². The highest BCUT2D eigenvalue weighted by molar-refractivity contribution is 5.55. The minimum atomic E-state index is 0.618. The zero-order chi connectivity index (χ0) is 19.9. The van der Waals surface area contributed by atoms with E-state index in [-0.39, 0.29) is 0 Å². The predicted molar refractivity (Wildman–Crippen MR) is 113 cm³/mol. The van der Waals surface area contributed by atoms with Crippen LogP contribution in [0.5, 0.6) is 5.75 Å². The van der Waals surface area contributed by atoms with Crippen LogP contribution in [0.15, 0.2) is 65.2 Å². The number of benzene rings is 2. The van der Waals surface area contributed by atoms with Crippen LogP contribution in [0.4, 0.5) is 0 Å². The molecule has 0 unspecified atom stereocenters. The van der Waals surface area contributed by atoms with Crippen molar-refractivity contribution in [1.29, 1.82) is 0 Å². The van der Waals surface area contributed by atoms with E-state index in [0.29, 0.717) is 18.3 Å². The summed E-state index contributed by atoms with van der Waals surface area (Å²) in [5, 5.41) is 4.12. The van der Waals surface area contributed by atoms with Crippen LogP contribution < -0.4 is 4.74 Å². The zero-order valence-electron chi connectivity index (χ0n) is 16.7. The highest BCUT2D eigenvalue weighted by Gasteiger charge is 2.18. The summed E-state index contributed by atoms with van der Waals surface area (Å²) in [4.78, 5) is 9.38. The molecule has 1 aromatic heterocycles. The third-order valence-corrected chi connectivity index (χ3v) is 5.11. The maximum Gasteiger partial charge on any atom is 0.241 e. The van der Waals surface area contributed by atoms with Crippen LogP contribution in [0.3, 0.4) is 0 Å². The lowest BCUT2D eigenvalue weighted by molar-refractivity contribution is 0.125. The summed E-state index contributed by atoms with van der Waals surface area (Å²) in [6, 6.07) is 18.1.